The van der Waals surface area contributed by atoms with Crippen LogP contribution in [0.3, 0.4) is 0 Å². The molecule has 7 unspecified atom stereocenters. The summed E-state index contributed by atoms with van der Waals surface area (Å²) in [5, 5.41) is 0. The minimum atomic E-state index is 0.637. The second-order valence-corrected chi connectivity index (χ2v) is 24.5. The fourth-order valence-electron chi connectivity index (χ4n) is 17.9. The molecule has 358 valence electrons. The Hall–Kier alpha value is -7.22. The van der Waals surface area contributed by atoms with E-state index >= 15 is 0 Å². The lowest BCUT2D eigenvalue weighted by molar-refractivity contribution is 0.00322. The molecule has 0 N–H and O–H groups in total. The average Bonchev–Trinajstić information content (AvgIpc) is 3.81. The molecule has 7 bridgehead atoms. The van der Waals surface area contributed by atoms with Crippen LogP contribution in [0, 0.1) is 29.1 Å². The van der Waals surface area contributed by atoms with Crippen molar-refractivity contribution in [3.05, 3.63) is 222 Å². The summed E-state index contributed by atoms with van der Waals surface area (Å²) in [7, 11) is 0. The summed E-state index contributed by atoms with van der Waals surface area (Å²) in [6.07, 6.45) is 14.2. The topological polar surface area (TPSA) is 3.24 Å². The summed E-state index contributed by atoms with van der Waals surface area (Å²) in [6, 6.07) is 77.1. The zero-order valence-electron chi connectivity index (χ0n) is 42.2. The van der Waals surface area contributed by atoms with E-state index < -0.39 is 0 Å². The SMILES string of the molecule is c1ccc(-c2ccc(N(c3ccc(-c4ccc5c(c4)-c4cc6c(cc4-c4cc7c(cc4-c4ccccc4-5)C4CC5CC8CC7CC58C4)C4CC5CC(CC6C5)C4)cc3)c3ccccc3-c3ccccc3)cc2)cc1. The summed E-state index contributed by atoms with van der Waals surface area (Å²) in [4.78, 5) is 2.44. The molecule has 5 fully saturated rings. The van der Waals surface area contributed by atoms with Crippen LogP contribution < -0.4 is 4.90 Å². The molecule has 0 aliphatic heterocycles. The van der Waals surface area contributed by atoms with E-state index in [0.29, 0.717) is 23.2 Å². The number of rotatable bonds is 6. The van der Waals surface area contributed by atoms with Gasteiger partial charge in [-0.2, -0.15) is 0 Å². The second-order valence-electron chi connectivity index (χ2n) is 24.5. The normalized spacial score (nSPS) is 26.4. The molecule has 18 rings (SSSR count). The lowest BCUT2D eigenvalue weighted by Gasteiger charge is -2.48. The van der Waals surface area contributed by atoms with Crippen LogP contribution in [0.2, 0.25) is 0 Å². The minimum Gasteiger partial charge on any atom is -0.310 e. The highest BCUT2D eigenvalue weighted by Gasteiger charge is 2.65. The zero-order chi connectivity index (χ0) is 48.2. The van der Waals surface area contributed by atoms with Crippen LogP contribution in [0.4, 0.5) is 17.1 Å². The van der Waals surface area contributed by atoms with Gasteiger partial charge < -0.3 is 4.90 Å². The van der Waals surface area contributed by atoms with Gasteiger partial charge in [-0.1, -0.05) is 140 Å². The molecule has 0 saturated heterocycles. The highest BCUT2D eigenvalue weighted by molar-refractivity contribution is 6.05. The van der Waals surface area contributed by atoms with E-state index in [0.717, 1.165) is 46.7 Å². The van der Waals surface area contributed by atoms with Crippen molar-refractivity contribution in [3.8, 4) is 77.9 Å². The summed E-state index contributed by atoms with van der Waals surface area (Å²) < 4.78 is 0. The third-order valence-corrected chi connectivity index (χ3v) is 21.0. The second kappa shape index (κ2) is 15.9. The van der Waals surface area contributed by atoms with Crippen molar-refractivity contribution in [2.45, 2.75) is 87.9 Å². The first-order chi connectivity index (χ1) is 36.6. The Labute approximate surface area is 437 Å². The first-order valence-corrected chi connectivity index (χ1v) is 28.4. The number of anilines is 3. The van der Waals surface area contributed by atoms with Gasteiger partial charge in [-0.3, -0.25) is 0 Å². The number of para-hydroxylation sites is 1. The first-order valence-electron chi connectivity index (χ1n) is 28.4. The van der Waals surface area contributed by atoms with E-state index in [1.807, 2.05) is 0 Å². The molecule has 7 atom stereocenters. The Balaban J connectivity index is 0.831. The van der Waals surface area contributed by atoms with Crippen LogP contribution in [0.15, 0.2) is 200 Å². The number of hydrogen-bond donors (Lipinski definition) is 0. The van der Waals surface area contributed by atoms with Crippen molar-refractivity contribution < 1.29 is 0 Å². The third kappa shape index (κ3) is 6.22. The molecule has 0 radical (unpaired) electrons. The van der Waals surface area contributed by atoms with Crippen LogP contribution in [-0.2, 0) is 0 Å². The summed E-state index contributed by atoms with van der Waals surface area (Å²) in [6.45, 7) is 0. The Kier molecular flexibility index (Phi) is 9.06. The molecular weight excluding hydrogens is 891 g/mol. The smallest absolute Gasteiger partial charge is 0.0540 e. The van der Waals surface area contributed by atoms with Gasteiger partial charge in [0.15, 0.2) is 0 Å². The van der Waals surface area contributed by atoms with Crippen molar-refractivity contribution in [1.82, 2.24) is 0 Å². The minimum absolute atomic E-state index is 0.637. The van der Waals surface area contributed by atoms with Gasteiger partial charge in [-0.05, 0) is 272 Å². The summed E-state index contributed by atoms with van der Waals surface area (Å²) in [5.41, 5.74) is 29.7. The van der Waals surface area contributed by atoms with Gasteiger partial charge >= 0.3 is 0 Å². The van der Waals surface area contributed by atoms with Crippen molar-refractivity contribution >= 4 is 17.1 Å². The van der Waals surface area contributed by atoms with Gasteiger partial charge in [-0.25, -0.2) is 0 Å². The number of hydrogen-bond acceptors (Lipinski definition) is 1. The van der Waals surface area contributed by atoms with Gasteiger partial charge in [0.25, 0.3) is 0 Å². The Bertz CT molecular complexity index is 3720. The van der Waals surface area contributed by atoms with Gasteiger partial charge in [0, 0.05) is 16.9 Å². The standard InChI is InChI=1S/C73H61N/c1-3-11-46(12-4-1)47-19-24-57(25-20-47)74(72-18-10-9-15-59(72)49-13-5-2-6-14-49)58-26-21-48(22-27-58)50-23-28-62-60-16-7-8-17-61(60)68-40-65-53-34-55-37-56-35-54(43-73(55,56)42-53)66(65)41-70(68)71-39-64-52-32-44-29-45(33-52)31-51(30-44)63(64)38-69(71)67(62)36-50/h1-28,36,38-41,44-45,51-56H,29-35,37,42-43H2. The Morgan fingerprint density at radius 3 is 1.26 bits per heavy atom. The van der Waals surface area contributed by atoms with Crippen LogP contribution in [0.5, 0.6) is 0 Å². The fraction of sp³-hybridized carbons (Fsp3) is 0.260. The number of benzene rings is 9. The molecule has 0 heterocycles. The molecule has 74 heavy (non-hydrogen) atoms. The highest BCUT2D eigenvalue weighted by atomic mass is 15.1. The Morgan fingerprint density at radius 1 is 0.284 bits per heavy atom. The van der Waals surface area contributed by atoms with Crippen LogP contribution in [0.25, 0.3) is 77.9 Å². The maximum Gasteiger partial charge on any atom is 0.0540 e. The molecule has 5 saturated carbocycles. The molecule has 0 aromatic heterocycles. The molecule has 9 aromatic rings. The van der Waals surface area contributed by atoms with Gasteiger partial charge in [0.1, 0.15) is 0 Å². The van der Waals surface area contributed by atoms with E-state index in [-0.39, 0.29) is 0 Å². The van der Waals surface area contributed by atoms with Crippen LogP contribution >= 0.6 is 0 Å². The summed E-state index contributed by atoms with van der Waals surface area (Å²) in [5.74, 6) is 6.50. The van der Waals surface area contributed by atoms with Gasteiger partial charge in [-0.15, -0.1) is 0 Å². The van der Waals surface area contributed by atoms with E-state index in [2.05, 4.69) is 205 Å². The van der Waals surface area contributed by atoms with E-state index in [1.165, 1.54) is 142 Å². The Morgan fingerprint density at radius 2 is 0.689 bits per heavy atom. The lowest BCUT2D eigenvalue weighted by atomic mass is 9.56. The molecule has 9 aliphatic carbocycles. The molecule has 9 aliphatic rings. The van der Waals surface area contributed by atoms with E-state index in [1.54, 1.807) is 22.3 Å². The largest absolute Gasteiger partial charge is 0.310 e. The molecule has 9 aromatic carbocycles. The molecule has 1 spiro atoms. The first kappa shape index (κ1) is 42.2. The molecular formula is C73H61N. The summed E-state index contributed by atoms with van der Waals surface area (Å²) >= 11 is 0. The fourth-order valence-corrected chi connectivity index (χ4v) is 17.9. The number of fused-ring (bicyclic) bond motifs is 13. The highest BCUT2D eigenvalue weighted by Crippen LogP contribution is 2.76. The van der Waals surface area contributed by atoms with Crippen molar-refractivity contribution in [2.75, 3.05) is 4.90 Å². The number of nitrogens with zero attached hydrogens (tertiary/aromatic N) is 1. The van der Waals surface area contributed by atoms with Crippen molar-refractivity contribution in [3.63, 3.8) is 0 Å². The van der Waals surface area contributed by atoms with Crippen molar-refractivity contribution in [2.24, 2.45) is 29.1 Å². The zero-order valence-corrected chi connectivity index (χ0v) is 42.2. The maximum atomic E-state index is 2.80. The van der Waals surface area contributed by atoms with Crippen molar-refractivity contribution in [1.29, 1.82) is 0 Å². The van der Waals surface area contributed by atoms with Gasteiger partial charge in [0.2, 0.25) is 0 Å². The molecule has 1 nitrogen and oxygen atoms in total. The third-order valence-electron chi connectivity index (χ3n) is 21.0. The maximum absolute atomic E-state index is 2.80. The lowest BCUT2D eigenvalue weighted by Crippen LogP contribution is -2.41. The average molecular weight is 952 g/mol. The predicted molar refractivity (Wildman–Crippen MR) is 306 cm³/mol. The van der Waals surface area contributed by atoms with E-state index in [4.69, 9.17) is 0 Å². The quantitative estimate of drug-likeness (QED) is 0.161. The molecule has 0 amide bonds. The van der Waals surface area contributed by atoms with E-state index in [9.17, 15) is 0 Å². The van der Waals surface area contributed by atoms with Crippen LogP contribution in [0.1, 0.15) is 110 Å². The predicted octanol–water partition coefficient (Wildman–Crippen LogP) is 19.9. The van der Waals surface area contributed by atoms with Crippen LogP contribution in [-0.4, -0.2) is 0 Å². The van der Waals surface area contributed by atoms with Gasteiger partial charge in [0.05, 0.1) is 5.69 Å². The monoisotopic (exact) mass is 951 g/mol. The molecule has 1 heteroatoms.